The van der Waals surface area contributed by atoms with Crippen LogP contribution in [0.1, 0.15) is 78.5 Å². The number of esters is 1. The summed E-state index contributed by atoms with van der Waals surface area (Å²) in [5, 5.41) is 12.2. The van der Waals surface area contributed by atoms with Gasteiger partial charge in [0.1, 0.15) is 0 Å². The van der Waals surface area contributed by atoms with Gasteiger partial charge in [0.05, 0.1) is 56.2 Å². The van der Waals surface area contributed by atoms with Gasteiger partial charge in [0.2, 0.25) is 0 Å². The fourth-order valence-corrected chi connectivity index (χ4v) is 7.86. The van der Waals surface area contributed by atoms with Gasteiger partial charge >= 0.3 is 5.97 Å². The molecule has 0 spiro atoms. The zero-order valence-corrected chi connectivity index (χ0v) is 32.9. The average Bonchev–Trinajstić information content (AvgIpc) is 2.83. The summed E-state index contributed by atoms with van der Waals surface area (Å²) in [6, 6.07) is -0.342. The highest BCUT2D eigenvalue weighted by atomic mass is 28.4. The molecule has 1 N–H and O–H groups in total. The molecule has 248 valence electrons. The monoisotopic (exact) mass is 655 g/mol. The van der Waals surface area contributed by atoms with E-state index in [0.717, 1.165) is 0 Å². The summed E-state index contributed by atoms with van der Waals surface area (Å²) in [6.07, 6.45) is 1.37. The summed E-state index contributed by atoms with van der Waals surface area (Å²) in [5.41, 5.74) is 0.844. The molecule has 1 fully saturated rings. The molecule has 0 radical (unpaired) electrons. The summed E-state index contributed by atoms with van der Waals surface area (Å²) in [4.78, 5) is 23.0. The van der Waals surface area contributed by atoms with Crippen LogP contribution in [-0.4, -0.2) is 95.5 Å². The zero-order chi connectivity index (χ0) is 33.4. The molecule has 0 aromatic carbocycles. The van der Waals surface area contributed by atoms with E-state index in [-0.39, 0.29) is 33.0 Å². The summed E-state index contributed by atoms with van der Waals surface area (Å²) >= 11 is 0. The molecule has 2 unspecified atom stereocenters. The van der Waals surface area contributed by atoms with E-state index in [1.807, 2.05) is 0 Å². The lowest BCUT2D eigenvalue weighted by Crippen LogP contribution is -2.68. The number of likely N-dealkylation sites (tertiary alicyclic amines) is 1. The molecule has 0 amide bonds. The van der Waals surface area contributed by atoms with Gasteiger partial charge in [-0.05, 0) is 54.4 Å². The molecule has 1 aromatic rings. The van der Waals surface area contributed by atoms with E-state index in [9.17, 15) is 9.90 Å². The maximum Gasteiger partial charge on any atom is 0.358 e. The first-order chi connectivity index (χ1) is 19.2. The van der Waals surface area contributed by atoms with Crippen molar-refractivity contribution in [2.75, 3.05) is 20.3 Å². The van der Waals surface area contributed by atoms with Crippen LogP contribution in [-0.2, 0) is 24.6 Å². The first-order valence-electron chi connectivity index (χ1n) is 15.5. The molecule has 2 rings (SSSR count). The van der Waals surface area contributed by atoms with Gasteiger partial charge in [0.25, 0.3) is 0 Å². The van der Waals surface area contributed by atoms with Gasteiger partial charge in [0.15, 0.2) is 30.6 Å². The topological polar surface area (TPSA) is 103 Å². The van der Waals surface area contributed by atoms with Crippen molar-refractivity contribution in [3.63, 3.8) is 0 Å². The minimum atomic E-state index is -2.27. The predicted molar refractivity (Wildman–Crippen MR) is 181 cm³/mol. The van der Waals surface area contributed by atoms with Gasteiger partial charge in [-0.15, -0.1) is 0 Å². The van der Waals surface area contributed by atoms with Crippen molar-refractivity contribution in [3.05, 3.63) is 23.8 Å². The molecule has 0 aliphatic carbocycles. The van der Waals surface area contributed by atoms with Crippen LogP contribution in [0.4, 0.5) is 0 Å². The summed E-state index contributed by atoms with van der Waals surface area (Å²) < 4.78 is 25.6. The highest BCUT2D eigenvalue weighted by Crippen LogP contribution is 2.43. The number of piperidine rings is 1. The number of rotatable bonds is 10. The molecule has 1 saturated heterocycles. The first kappa shape index (κ1) is 38.2. The van der Waals surface area contributed by atoms with Crippen molar-refractivity contribution in [3.8, 4) is 0 Å². The number of aromatic nitrogens is 2. The second-order valence-corrected chi connectivity index (χ2v) is 31.0. The zero-order valence-electron chi connectivity index (χ0n) is 29.9. The first-order valence-corrected chi connectivity index (χ1v) is 24.3. The molecule has 9 nitrogen and oxygen atoms in total. The highest BCUT2D eigenvalue weighted by molar-refractivity contribution is 6.75. The minimum Gasteiger partial charge on any atom is -0.464 e. The van der Waals surface area contributed by atoms with Gasteiger partial charge in [0, 0.05) is 13.1 Å². The number of methoxy groups -OCH3 is 1. The fourth-order valence-electron chi connectivity index (χ4n) is 4.20. The number of aliphatic hydroxyl groups excluding tert-OH is 1. The third kappa shape index (κ3) is 9.27. The third-order valence-electron chi connectivity index (χ3n) is 10.4. The maximum absolute atomic E-state index is 12.3. The van der Waals surface area contributed by atoms with Crippen LogP contribution >= 0.6 is 0 Å². The van der Waals surface area contributed by atoms with Crippen molar-refractivity contribution in [2.24, 2.45) is 0 Å². The second kappa shape index (κ2) is 13.4. The number of aliphatic hydroxyl groups is 1. The van der Waals surface area contributed by atoms with Crippen LogP contribution in [0.3, 0.4) is 0 Å². The van der Waals surface area contributed by atoms with Crippen molar-refractivity contribution in [1.82, 2.24) is 14.9 Å². The molecule has 2 heterocycles. The predicted octanol–water partition coefficient (Wildman–Crippen LogP) is 6.61. The van der Waals surface area contributed by atoms with E-state index >= 15 is 0 Å². The number of hydrogen-bond donors (Lipinski definition) is 1. The molecule has 1 aliphatic heterocycles. The summed E-state index contributed by atoms with van der Waals surface area (Å²) in [5.74, 6) is -0.526. The lowest BCUT2D eigenvalue weighted by atomic mass is 9.94. The van der Waals surface area contributed by atoms with Gasteiger partial charge in [-0.25, -0.2) is 9.78 Å². The highest BCUT2D eigenvalue weighted by Gasteiger charge is 2.52. The Morgan fingerprint density at radius 3 is 1.81 bits per heavy atom. The van der Waals surface area contributed by atoms with Crippen LogP contribution in [0.15, 0.2) is 12.4 Å². The van der Waals surface area contributed by atoms with Crippen molar-refractivity contribution in [1.29, 1.82) is 0 Å². The van der Waals surface area contributed by atoms with Crippen molar-refractivity contribution >= 4 is 30.9 Å². The van der Waals surface area contributed by atoms with Crippen molar-refractivity contribution < 1.29 is 27.9 Å². The Kier molecular flexibility index (Phi) is 11.9. The molecule has 1 aromatic heterocycles. The molecule has 0 saturated carbocycles. The standard InChI is InChI=1S/C31H61N3O6Si3/c1-29(2,3)41(11,12)38-21-24-26(35)27(40-43(15,16)31(7,8)9)25(39-42(13,14)30(4,5)6)20-34(24)19-22-17-33-23(18-32-22)28(36)37-10/h17-18,24-27,35H,19-21H2,1-16H3/t24-,25?,26-,27?/m1/s1. The Morgan fingerprint density at radius 2 is 1.37 bits per heavy atom. The Balaban J connectivity index is 2.57. The van der Waals surface area contributed by atoms with Gasteiger partial charge in [-0.2, -0.15) is 0 Å². The molecule has 43 heavy (non-hydrogen) atoms. The number of carbonyl (C=O) groups is 1. The van der Waals surface area contributed by atoms with Gasteiger partial charge in [-0.1, -0.05) is 62.3 Å². The van der Waals surface area contributed by atoms with E-state index < -0.39 is 43.1 Å². The Hall–Kier alpha value is -0.999. The molecular weight excluding hydrogens is 595 g/mol. The average molecular weight is 656 g/mol. The molecular formula is C31H61N3O6Si3. The lowest BCUT2D eigenvalue weighted by Gasteiger charge is -2.53. The number of hydrogen-bond acceptors (Lipinski definition) is 9. The second-order valence-electron chi connectivity index (χ2n) is 16.7. The number of carbonyl (C=O) groups excluding carboxylic acids is 1. The van der Waals surface area contributed by atoms with E-state index in [1.165, 1.54) is 13.3 Å². The quantitative estimate of drug-likeness (QED) is 0.220. The van der Waals surface area contributed by atoms with Gasteiger partial charge < -0.3 is 23.1 Å². The van der Waals surface area contributed by atoms with Crippen LogP contribution in [0.5, 0.6) is 0 Å². The van der Waals surface area contributed by atoms with Crippen LogP contribution in [0.25, 0.3) is 0 Å². The summed E-state index contributed by atoms with van der Waals surface area (Å²) in [7, 11) is -5.30. The lowest BCUT2D eigenvalue weighted by molar-refractivity contribution is -0.136. The number of nitrogens with zero attached hydrogens (tertiary/aromatic N) is 3. The molecule has 0 bridgehead atoms. The SMILES string of the molecule is COC(=O)c1cnc(CN2CC(O[Si](C)(C)C(C)(C)C)C(O[Si](C)(C)C(C)(C)C)[C@H](O)[C@H]2CO[Si](C)(C)C(C)(C)C)cn1. The molecule has 1 aliphatic rings. The normalized spacial score (nSPS) is 23.4. The van der Waals surface area contributed by atoms with E-state index in [2.05, 4.69) is 116 Å². The van der Waals surface area contributed by atoms with Gasteiger partial charge in [-0.3, -0.25) is 9.88 Å². The van der Waals surface area contributed by atoms with E-state index in [4.69, 9.17) is 18.0 Å². The van der Waals surface area contributed by atoms with Crippen LogP contribution < -0.4 is 0 Å². The minimum absolute atomic E-state index is 0.0121. The molecule has 12 heteroatoms. The van der Waals surface area contributed by atoms with Crippen molar-refractivity contribution in [2.45, 2.75) is 148 Å². The largest absolute Gasteiger partial charge is 0.464 e. The fraction of sp³-hybridized carbons (Fsp3) is 0.839. The third-order valence-corrected chi connectivity index (χ3v) is 23.8. The Labute approximate surface area is 264 Å². The molecule has 4 atom stereocenters. The van der Waals surface area contributed by atoms with Crippen LogP contribution in [0.2, 0.25) is 54.4 Å². The summed E-state index contributed by atoms with van der Waals surface area (Å²) in [6.45, 7) is 34.8. The smallest absolute Gasteiger partial charge is 0.358 e. The van der Waals surface area contributed by atoms with E-state index in [0.29, 0.717) is 25.4 Å². The Morgan fingerprint density at radius 1 is 0.860 bits per heavy atom. The maximum atomic E-state index is 12.3. The van der Waals surface area contributed by atoms with E-state index in [1.54, 1.807) is 6.20 Å². The number of ether oxygens (including phenoxy) is 1. The van der Waals surface area contributed by atoms with Crippen LogP contribution in [0, 0.1) is 0 Å². The Bertz CT molecular complexity index is 1080.